The third-order valence-corrected chi connectivity index (χ3v) is 5.96. The SMILES string of the molecule is C[C@H](NC(=O)CCCN1C(=O)NC2(CCCC2)C1=O)c1ccccc1Br. The summed E-state index contributed by atoms with van der Waals surface area (Å²) in [5.41, 5.74) is 0.339. The highest BCUT2D eigenvalue weighted by molar-refractivity contribution is 9.10. The molecule has 0 unspecified atom stereocenters. The first-order valence-corrected chi connectivity index (χ1v) is 9.90. The third-order valence-electron chi connectivity index (χ3n) is 5.24. The molecule has 140 valence electrons. The van der Waals surface area contributed by atoms with Crippen LogP contribution >= 0.6 is 15.9 Å². The first kappa shape index (κ1) is 18.9. The van der Waals surface area contributed by atoms with E-state index in [0.29, 0.717) is 6.42 Å². The number of nitrogens with zero attached hydrogens (tertiary/aromatic N) is 1. The van der Waals surface area contributed by atoms with Crippen LogP contribution in [0.2, 0.25) is 0 Å². The van der Waals surface area contributed by atoms with Crippen molar-refractivity contribution in [3.8, 4) is 0 Å². The highest BCUT2D eigenvalue weighted by atomic mass is 79.9. The monoisotopic (exact) mass is 421 g/mol. The van der Waals surface area contributed by atoms with E-state index in [1.807, 2.05) is 31.2 Å². The summed E-state index contributed by atoms with van der Waals surface area (Å²) >= 11 is 3.49. The lowest BCUT2D eigenvalue weighted by Crippen LogP contribution is -2.44. The van der Waals surface area contributed by atoms with Gasteiger partial charge in [-0.3, -0.25) is 14.5 Å². The Morgan fingerprint density at radius 3 is 2.69 bits per heavy atom. The van der Waals surface area contributed by atoms with E-state index in [1.165, 1.54) is 4.90 Å². The second-order valence-electron chi connectivity index (χ2n) is 7.09. The maximum Gasteiger partial charge on any atom is 0.325 e. The van der Waals surface area contributed by atoms with Crippen molar-refractivity contribution in [2.45, 2.75) is 57.0 Å². The molecule has 1 spiro atoms. The molecule has 1 aromatic rings. The Morgan fingerprint density at radius 2 is 2.00 bits per heavy atom. The summed E-state index contributed by atoms with van der Waals surface area (Å²) < 4.78 is 0.953. The highest BCUT2D eigenvalue weighted by Crippen LogP contribution is 2.35. The van der Waals surface area contributed by atoms with E-state index in [9.17, 15) is 14.4 Å². The van der Waals surface area contributed by atoms with Gasteiger partial charge in [0.25, 0.3) is 5.91 Å². The zero-order valence-corrected chi connectivity index (χ0v) is 16.5. The topological polar surface area (TPSA) is 78.5 Å². The van der Waals surface area contributed by atoms with Crippen LogP contribution in [0, 0.1) is 0 Å². The third kappa shape index (κ3) is 3.77. The van der Waals surface area contributed by atoms with Crippen LogP contribution in [-0.4, -0.2) is 34.8 Å². The van der Waals surface area contributed by atoms with Crippen molar-refractivity contribution < 1.29 is 14.4 Å². The van der Waals surface area contributed by atoms with Crippen LogP contribution in [0.4, 0.5) is 4.79 Å². The minimum absolute atomic E-state index is 0.0871. The highest BCUT2D eigenvalue weighted by Gasteiger charge is 2.51. The molecule has 1 heterocycles. The van der Waals surface area contributed by atoms with Crippen molar-refractivity contribution in [2.24, 2.45) is 0 Å². The van der Waals surface area contributed by atoms with Crippen LogP contribution < -0.4 is 10.6 Å². The number of rotatable bonds is 6. The molecular weight excluding hydrogens is 398 g/mol. The number of carbonyl (C=O) groups excluding carboxylic acids is 3. The largest absolute Gasteiger partial charge is 0.350 e. The Kier molecular flexibility index (Phi) is 5.65. The van der Waals surface area contributed by atoms with Crippen molar-refractivity contribution in [3.05, 3.63) is 34.3 Å². The van der Waals surface area contributed by atoms with Crippen molar-refractivity contribution in [2.75, 3.05) is 6.54 Å². The van der Waals surface area contributed by atoms with Gasteiger partial charge in [0.1, 0.15) is 5.54 Å². The lowest BCUT2D eigenvalue weighted by molar-refractivity contribution is -0.131. The van der Waals surface area contributed by atoms with Gasteiger partial charge in [0, 0.05) is 17.4 Å². The molecule has 1 aliphatic heterocycles. The molecule has 2 N–H and O–H groups in total. The smallest absolute Gasteiger partial charge is 0.325 e. The Morgan fingerprint density at radius 1 is 1.31 bits per heavy atom. The summed E-state index contributed by atoms with van der Waals surface area (Å²) in [6.45, 7) is 2.21. The van der Waals surface area contributed by atoms with Gasteiger partial charge in [-0.1, -0.05) is 47.0 Å². The number of nitrogens with one attached hydrogen (secondary N) is 2. The molecule has 2 aliphatic rings. The van der Waals surface area contributed by atoms with Crippen LogP contribution in [0.3, 0.4) is 0 Å². The summed E-state index contributed by atoms with van der Waals surface area (Å²) in [7, 11) is 0. The molecule has 0 bridgehead atoms. The van der Waals surface area contributed by atoms with Gasteiger partial charge in [-0.25, -0.2) is 4.79 Å². The quantitative estimate of drug-likeness (QED) is 0.691. The second kappa shape index (κ2) is 7.78. The summed E-state index contributed by atoms with van der Waals surface area (Å²) in [4.78, 5) is 38.1. The van der Waals surface area contributed by atoms with Gasteiger partial charge in [0.2, 0.25) is 5.91 Å². The van der Waals surface area contributed by atoms with Crippen molar-refractivity contribution in [1.82, 2.24) is 15.5 Å². The Labute approximate surface area is 161 Å². The standard InChI is InChI=1S/C19H24BrN3O3/c1-13(14-7-2-3-8-15(14)20)21-16(24)9-6-12-23-17(25)19(22-18(23)26)10-4-5-11-19/h2-3,7-8,13H,4-6,9-12H2,1H3,(H,21,24)(H,22,26)/t13-/m0/s1. The van der Waals surface area contributed by atoms with Gasteiger partial charge >= 0.3 is 6.03 Å². The Hall–Kier alpha value is -1.89. The molecule has 0 aromatic heterocycles. The molecule has 3 rings (SSSR count). The average molecular weight is 422 g/mol. The van der Waals surface area contributed by atoms with Gasteiger partial charge in [0.15, 0.2) is 0 Å². The number of urea groups is 1. The lowest BCUT2D eigenvalue weighted by Gasteiger charge is -2.20. The van der Waals surface area contributed by atoms with Gasteiger partial charge in [-0.2, -0.15) is 0 Å². The van der Waals surface area contributed by atoms with Crippen molar-refractivity contribution in [1.29, 1.82) is 0 Å². The first-order chi connectivity index (χ1) is 12.4. The molecule has 1 atom stereocenters. The Bertz CT molecular complexity index is 716. The minimum Gasteiger partial charge on any atom is -0.350 e. The van der Waals surface area contributed by atoms with Gasteiger partial charge in [-0.05, 0) is 37.8 Å². The van der Waals surface area contributed by atoms with E-state index in [2.05, 4.69) is 26.6 Å². The van der Waals surface area contributed by atoms with E-state index in [4.69, 9.17) is 0 Å². The molecule has 1 aromatic carbocycles. The van der Waals surface area contributed by atoms with Crippen LogP contribution in [0.15, 0.2) is 28.7 Å². The molecular formula is C19H24BrN3O3. The fourth-order valence-corrected chi connectivity index (χ4v) is 4.44. The summed E-state index contributed by atoms with van der Waals surface area (Å²) in [6, 6.07) is 7.32. The minimum atomic E-state index is -0.673. The lowest BCUT2D eigenvalue weighted by atomic mass is 9.98. The van der Waals surface area contributed by atoms with Crippen molar-refractivity contribution >= 4 is 33.8 Å². The molecule has 1 saturated carbocycles. The van der Waals surface area contributed by atoms with E-state index in [-0.39, 0.29) is 36.9 Å². The average Bonchev–Trinajstić information content (AvgIpc) is 3.15. The zero-order valence-electron chi connectivity index (χ0n) is 14.9. The Balaban J connectivity index is 1.47. The van der Waals surface area contributed by atoms with Gasteiger partial charge in [-0.15, -0.1) is 0 Å². The van der Waals surface area contributed by atoms with E-state index >= 15 is 0 Å². The number of halogens is 1. The van der Waals surface area contributed by atoms with Gasteiger partial charge in [0.05, 0.1) is 6.04 Å². The van der Waals surface area contributed by atoms with E-state index in [0.717, 1.165) is 35.7 Å². The maximum absolute atomic E-state index is 12.6. The predicted molar refractivity (Wildman–Crippen MR) is 101 cm³/mol. The molecule has 7 heteroatoms. The second-order valence-corrected chi connectivity index (χ2v) is 7.94. The number of hydrogen-bond donors (Lipinski definition) is 2. The summed E-state index contributed by atoms with van der Waals surface area (Å²) in [5, 5.41) is 5.82. The van der Waals surface area contributed by atoms with Crippen LogP contribution in [0.1, 0.15) is 57.1 Å². The molecule has 1 saturated heterocycles. The van der Waals surface area contributed by atoms with Gasteiger partial charge < -0.3 is 10.6 Å². The van der Waals surface area contributed by atoms with Crippen LogP contribution in [0.25, 0.3) is 0 Å². The molecule has 6 nitrogen and oxygen atoms in total. The molecule has 0 radical (unpaired) electrons. The number of carbonyl (C=O) groups is 3. The van der Waals surface area contributed by atoms with E-state index in [1.54, 1.807) is 0 Å². The fraction of sp³-hybridized carbons (Fsp3) is 0.526. The number of hydrogen-bond acceptors (Lipinski definition) is 3. The summed E-state index contributed by atoms with van der Waals surface area (Å²) in [6.07, 6.45) is 4.11. The van der Waals surface area contributed by atoms with Crippen LogP contribution in [-0.2, 0) is 9.59 Å². The maximum atomic E-state index is 12.6. The normalized spacial score (nSPS) is 19.7. The van der Waals surface area contributed by atoms with Crippen molar-refractivity contribution in [3.63, 3.8) is 0 Å². The molecule has 1 aliphatic carbocycles. The predicted octanol–water partition coefficient (Wildman–Crippen LogP) is 3.27. The number of benzene rings is 1. The number of imide groups is 1. The molecule has 4 amide bonds. The first-order valence-electron chi connectivity index (χ1n) is 9.11. The zero-order chi connectivity index (χ0) is 18.7. The molecule has 26 heavy (non-hydrogen) atoms. The molecule has 2 fully saturated rings. The fourth-order valence-electron chi connectivity index (χ4n) is 3.81. The number of amides is 4. The van der Waals surface area contributed by atoms with Crippen LogP contribution in [0.5, 0.6) is 0 Å². The summed E-state index contributed by atoms with van der Waals surface area (Å²) in [5.74, 6) is -0.210. The van der Waals surface area contributed by atoms with E-state index < -0.39 is 5.54 Å².